The van der Waals surface area contributed by atoms with Gasteiger partial charge in [0.2, 0.25) is 0 Å². The van der Waals surface area contributed by atoms with Crippen LogP contribution in [0.2, 0.25) is 0 Å². The van der Waals surface area contributed by atoms with Crippen LogP contribution < -0.4 is 0 Å². The van der Waals surface area contributed by atoms with Gasteiger partial charge in [0.05, 0.1) is 6.10 Å². The first-order chi connectivity index (χ1) is 6.52. The van der Waals surface area contributed by atoms with E-state index in [2.05, 4.69) is 0 Å². The van der Waals surface area contributed by atoms with Crippen LogP contribution in [-0.2, 0) is 9.53 Å². The van der Waals surface area contributed by atoms with Crippen LogP contribution in [0.5, 0.6) is 0 Å². The Morgan fingerprint density at radius 1 is 1.29 bits per heavy atom. The topological polar surface area (TPSA) is 46.5 Å². The van der Waals surface area contributed by atoms with Gasteiger partial charge in [-0.25, -0.2) is 0 Å². The second kappa shape index (κ2) is 6.96. The van der Waals surface area contributed by atoms with E-state index in [4.69, 9.17) is 4.74 Å². The molecule has 0 heterocycles. The summed E-state index contributed by atoms with van der Waals surface area (Å²) >= 11 is 0. The molecule has 0 amide bonds. The van der Waals surface area contributed by atoms with Gasteiger partial charge in [0.15, 0.2) is 5.78 Å². The van der Waals surface area contributed by atoms with Gasteiger partial charge in [-0.15, -0.1) is 0 Å². The summed E-state index contributed by atoms with van der Waals surface area (Å²) in [6.45, 7) is 7.73. The SMILES string of the molecule is CCC(CC)C(O)C(=O)COC(C)C. The third kappa shape index (κ3) is 4.72. The highest BCUT2D eigenvalue weighted by molar-refractivity contribution is 5.84. The van der Waals surface area contributed by atoms with E-state index in [0.29, 0.717) is 0 Å². The molecule has 0 saturated heterocycles. The number of hydrogen-bond donors (Lipinski definition) is 1. The molecule has 84 valence electrons. The summed E-state index contributed by atoms with van der Waals surface area (Å²) < 4.78 is 5.15. The van der Waals surface area contributed by atoms with Crippen molar-refractivity contribution >= 4 is 5.78 Å². The maximum atomic E-state index is 11.4. The Balaban J connectivity index is 3.97. The molecule has 0 aromatic rings. The Bertz CT molecular complexity index is 162. The van der Waals surface area contributed by atoms with Gasteiger partial charge in [-0.3, -0.25) is 4.79 Å². The van der Waals surface area contributed by atoms with Gasteiger partial charge in [0, 0.05) is 0 Å². The first-order valence-electron chi connectivity index (χ1n) is 5.35. The normalized spacial score (nSPS) is 13.6. The van der Waals surface area contributed by atoms with E-state index in [1.165, 1.54) is 0 Å². The van der Waals surface area contributed by atoms with Gasteiger partial charge in [-0.05, 0) is 19.8 Å². The molecule has 1 atom stereocenters. The predicted octanol–water partition coefficient (Wildman–Crippen LogP) is 1.78. The highest BCUT2D eigenvalue weighted by Crippen LogP contribution is 2.13. The molecule has 0 aromatic heterocycles. The van der Waals surface area contributed by atoms with Crippen molar-refractivity contribution in [1.29, 1.82) is 0 Å². The lowest BCUT2D eigenvalue weighted by Gasteiger charge is -2.19. The van der Waals surface area contributed by atoms with Gasteiger partial charge in [-0.1, -0.05) is 26.7 Å². The van der Waals surface area contributed by atoms with Crippen LogP contribution in [0.4, 0.5) is 0 Å². The molecule has 0 spiro atoms. The van der Waals surface area contributed by atoms with Crippen molar-refractivity contribution in [2.75, 3.05) is 6.61 Å². The standard InChI is InChI=1S/C11H22O3/c1-5-9(6-2)11(13)10(12)7-14-8(3)4/h8-9,11,13H,5-7H2,1-4H3. The molecular formula is C11H22O3. The number of ether oxygens (including phenoxy) is 1. The molecule has 0 aromatic carbocycles. The minimum absolute atomic E-state index is 0.0231. The van der Waals surface area contributed by atoms with E-state index < -0.39 is 6.10 Å². The minimum Gasteiger partial charge on any atom is -0.385 e. The second-order valence-electron chi connectivity index (χ2n) is 3.85. The third-order valence-electron chi connectivity index (χ3n) is 2.38. The molecular weight excluding hydrogens is 180 g/mol. The molecule has 0 aliphatic rings. The Hall–Kier alpha value is -0.410. The average Bonchev–Trinajstić information content (AvgIpc) is 2.15. The van der Waals surface area contributed by atoms with Crippen LogP contribution >= 0.6 is 0 Å². The summed E-state index contributed by atoms with van der Waals surface area (Å²) in [7, 11) is 0. The Labute approximate surface area is 86.5 Å². The summed E-state index contributed by atoms with van der Waals surface area (Å²) in [5, 5.41) is 9.66. The maximum absolute atomic E-state index is 11.4. The molecule has 3 heteroatoms. The van der Waals surface area contributed by atoms with Gasteiger partial charge in [0.25, 0.3) is 0 Å². The molecule has 0 fully saturated rings. The van der Waals surface area contributed by atoms with Crippen molar-refractivity contribution in [2.24, 2.45) is 5.92 Å². The number of carbonyl (C=O) groups excluding carboxylic acids is 1. The molecule has 0 radical (unpaired) electrons. The summed E-state index contributed by atoms with van der Waals surface area (Å²) in [4.78, 5) is 11.4. The predicted molar refractivity (Wildman–Crippen MR) is 56.2 cm³/mol. The molecule has 1 unspecified atom stereocenters. The highest BCUT2D eigenvalue weighted by atomic mass is 16.5. The fourth-order valence-corrected chi connectivity index (χ4v) is 1.33. The number of carbonyl (C=O) groups is 1. The van der Waals surface area contributed by atoms with Crippen molar-refractivity contribution < 1.29 is 14.6 Å². The van der Waals surface area contributed by atoms with Crippen LogP contribution in [0, 0.1) is 5.92 Å². The van der Waals surface area contributed by atoms with Crippen molar-refractivity contribution in [3.63, 3.8) is 0 Å². The molecule has 0 aliphatic heterocycles. The lowest BCUT2D eigenvalue weighted by molar-refractivity contribution is -0.136. The fourth-order valence-electron chi connectivity index (χ4n) is 1.33. The van der Waals surface area contributed by atoms with E-state index in [0.717, 1.165) is 12.8 Å². The summed E-state index contributed by atoms with van der Waals surface area (Å²) in [5.41, 5.74) is 0. The zero-order chi connectivity index (χ0) is 11.1. The van der Waals surface area contributed by atoms with Gasteiger partial charge >= 0.3 is 0 Å². The average molecular weight is 202 g/mol. The van der Waals surface area contributed by atoms with Crippen LogP contribution in [-0.4, -0.2) is 29.7 Å². The van der Waals surface area contributed by atoms with E-state index in [1.54, 1.807) is 0 Å². The molecule has 14 heavy (non-hydrogen) atoms. The molecule has 1 N–H and O–H groups in total. The van der Waals surface area contributed by atoms with E-state index in [1.807, 2.05) is 27.7 Å². The molecule has 0 saturated carbocycles. The molecule has 0 bridgehead atoms. The fraction of sp³-hybridized carbons (Fsp3) is 0.909. The number of aliphatic hydroxyl groups is 1. The van der Waals surface area contributed by atoms with Crippen LogP contribution in [0.3, 0.4) is 0 Å². The van der Waals surface area contributed by atoms with Crippen LogP contribution in [0.25, 0.3) is 0 Å². The maximum Gasteiger partial charge on any atom is 0.187 e. The van der Waals surface area contributed by atoms with E-state index >= 15 is 0 Å². The first-order valence-corrected chi connectivity index (χ1v) is 5.35. The summed E-state index contributed by atoms with van der Waals surface area (Å²) in [6, 6.07) is 0. The third-order valence-corrected chi connectivity index (χ3v) is 2.38. The highest BCUT2D eigenvalue weighted by Gasteiger charge is 2.23. The van der Waals surface area contributed by atoms with Crippen molar-refractivity contribution in [2.45, 2.75) is 52.7 Å². The lowest BCUT2D eigenvalue weighted by Crippen LogP contribution is -2.32. The largest absolute Gasteiger partial charge is 0.385 e. The number of Topliss-reactive ketones (excluding diaryl/α,β-unsaturated/α-hetero) is 1. The first kappa shape index (κ1) is 13.6. The Kier molecular flexibility index (Phi) is 6.75. The number of hydrogen-bond acceptors (Lipinski definition) is 3. The van der Waals surface area contributed by atoms with Crippen molar-refractivity contribution in [3.8, 4) is 0 Å². The zero-order valence-corrected chi connectivity index (χ0v) is 9.62. The van der Waals surface area contributed by atoms with Crippen LogP contribution in [0.1, 0.15) is 40.5 Å². The Morgan fingerprint density at radius 2 is 1.79 bits per heavy atom. The van der Waals surface area contributed by atoms with Crippen molar-refractivity contribution in [3.05, 3.63) is 0 Å². The number of aliphatic hydroxyl groups excluding tert-OH is 1. The van der Waals surface area contributed by atoms with Gasteiger partial charge < -0.3 is 9.84 Å². The molecule has 0 aliphatic carbocycles. The van der Waals surface area contributed by atoms with Gasteiger partial charge in [0.1, 0.15) is 12.7 Å². The number of rotatable bonds is 7. The van der Waals surface area contributed by atoms with Gasteiger partial charge in [-0.2, -0.15) is 0 Å². The number of ketones is 1. The smallest absolute Gasteiger partial charge is 0.187 e. The monoisotopic (exact) mass is 202 g/mol. The van der Waals surface area contributed by atoms with E-state index in [-0.39, 0.29) is 24.4 Å². The second-order valence-corrected chi connectivity index (χ2v) is 3.85. The Morgan fingerprint density at radius 3 is 2.14 bits per heavy atom. The minimum atomic E-state index is -0.858. The lowest BCUT2D eigenvalue weighted by atomic mass is 9.94. The molecule has 3 nitrogen and oxygen atoms in total. The quantitative estimate of drug-likeness (QED) is 0.684. The summed E-state index contributed by atoms with van der Waals surface area (Å²) in [6.07, 6.45) is 0.826. The molecule has 0 rings (SSSR count). The zero-order valence-electron chi connectivity index (χ0n) is 9.62. The van der Waals surface area contributed by atoms with E-state index in [9.17, 15) is 9.90 Å². The summed E-state index contributed by atoms with van der Waals surface area (Å²) in [5.74, 6) is -0.134. The van der Waals surface area contributed by atoms with Crippen LogP contribution in [0.15, 0.2) is 0 Å². The van der Waals surface area contributed by atoms with Crippen molar-refractivity contribution in [1.82, 2.24) is 0 Å².